The summed E-state index contributed by atoms with van der Waals surface area (Å²) in [4.78, 5) is 21.4. The summed E-state index contributed by atoms with van der Waals surface area (Å²) in [6.45, 7) is 3.24. The van der Waals surface area contributed by atoms with Crippen LogP contribution in [0.2, 0.25) is 0 Å². The summed E-state index contributed by atoms with van der Waals surface area (Å²) in [5, 5.41) is 18.2. The van der Waals surface area contributed by atoms with Gasteiger partial charge in [-0.3, -0.25) is 4.79 Å². The van der Waals surface area contributed by atoms with E-state index in [2.05, 4.69) is 0 Å². The number of carboxylic acids is 1. The van der Waals surface area contributed by atoms with Crippen LogP contribution in [-0.2, 0) is 6.42 Å². The van der Waals surface area contributed by atoms with Crippen LogP contribution in [0.25, 0.3) is 0 Å². The summed E-state index contributed by atoms with van der Waals surface area (Å²) >= 11 is 0. The third-order valence-corrected chi connectivity index (χ3v) is 2.19. The van der Waals surface area contributed by atoms with Crippen molar-refractivity contribution in [1.82, 2.24) is 4.73 Å². The van der Waals surface area contributed by atoms with Crippen molar-refractivity contribution in [3.63, 3.8) is 0 Å². The smallest absolute Gasteiger partial charge is 0.356 e. The lowest BCUT2D eigenvalue weighted by Crippen LogP contribution is -2.08. The number of rotatable bonds is 3. The van der Waals surface area contributed by atoms with Crippen LogP contribution in [0.5, 0.6) is 0 Å². The Balaban J connectivity index is 3.54. The van der Waals surface area contributed by atoms with Gasteiger partial charge in [-0.1, -0.05) is 6.92 Å². The lowest BCUT2D eigenvalue weighted by Gasteiger charge is -2.00. The van der Waals surface area contributed by atoms with Crippen molar-refractivity contribution < 1.29 is 19.9 Å². The number of nitrogens with zero attached hydrogens (tertiary/aromatic N) is 1. The molecule has 1 aromatic heterocycles. The van der Waals surface area contributed by atoms with Crippen molar-refractivity contribution in [3.8, 4) is 0 Å². The minimum absolute atomic E-state index is 0.246. The van der Waals surface area contributed by atoms with E-state index in [1.54, 1.807) is 6.92 Å². The fourth-order valence-electron chi connectivity index (χ4n) is 1.50. The third kappa shape index (κ3) is 1.26. The van der Waals surface area contributed by atoms with Crippen LogP contribution in [0, 0.1) is 6.92 Å². The molecule has 0 aliphatic rings. The second kappa shape index (κ2) is 3.53. The molecule has 0 unspecified atom stereocenters. The molecule has 14 heavy (non-hydrogen) atoms. The van der Waals surface area contributed by atoms with Crippen molar-refractivity contribution in [2.75, 3.05) is 0 Å². The van der Waals surface area contributed by atoms with Gasteiger partial charge in [-0.15, -0.1) is 0 Å². The summed E-state index contributed by atoms with van der Waals surface area (Å²) in [6, 6.07) is 0. The molecule has 2 N–H and O–H groups in total. The molecule has 76 valence electrons. The summed E-state index contributed by atoms with van der Waals surface area (Å²) in [7, 11) is 0. The van der Waals surface area contributed by atoms with Gasteiger partial charge in [-0.2, -0.15) is 4.73 Å². The predicted molar refractivity (Wildman–Crippen MR) is 48.1 cm³/mol. The van der Waals surface area contributed by atoms with E-state index >= 15 is 0 Å². The molecule has 1 rings (SSSR count). The first-order valence-electron chi connectivity index (χ1n) is 4.16. The Morgan fingerprint density at radius 1 is 1.57 bits per heavy atom. The quantitative estimate of drug-likeness (QED) is 0.561. The molecule has 5 heteroatoms. The Hall–Kier alpha value is -1.78. The lowest BCUT2D eigenvalue weighted by atomic mass is 10.1. The van der Waals surface area contributed by atoms with Crippen molar-refractivity contribution in [1.29, 1.82) is 0 Å². The van der Waals surface area contributed by atoms with Crippen molar-refractivity contribution in [2.45, 2.75) is 20.3 Å². The Labute approximate surface area is 80.5 Å². The van der Waals surface area contributed by atoms with Gasteiger partial charge in [-0.05, 0) is 18.9 Å². The standard InChI is InChI=1S/C9H11NO4/c1-3-7-6(4-11)5(2)8(9(12)13)10(7)14/h4,14H,3H2,1-2H3,(H,12,13). The maximum Gasteiger partial charge on any atom is 0.356 e. The SMILES string of the molecule is CCc1c(C=O)c(C)c(C(=O)O)n1O. The summed E-state index contributed by atoms with van der Waals surface area (Å²) in [5.41, 5.74) is 0.637. The zero-order valence-electron chi connectivity index (χ0n) is 7.94. The molecule has 0 radical (unpaired) electrons. The molecule has 0 saturated heterocycles. The number of carboxylic acid groups (broad SMARTS) is 1. The molecule has 1 heterocycles. The molecule has 1 aromatic rings. The third-order valence-electron chi connectivity index (χ3n) is 2.19. The normalized spacial score (nSPS) is 10.1. The van der Waals surface area contributed by atoms with E-state index in [0.29, 0.717) is 28.7 Å². The maximum absolute atomic E-state index is 10.7. The van der Waals surface area contributed by atoms with Gasteiger partial charge in [0.2, 0.25) is 0 Å². The van der Waals surface area contributed by atoms with Gasteiger partial charge in [0, 0.05) is 5.56 Å². The first-order valence-corrected chi connectivity index (χ1v) is 4.16. The molecule has 5 nitrogen and oxygen atoms in total. The molecule has 0 bridgehead atoms. The van der Waals surface area contributed by atoms with Gasteiger partial charge in [-0.25, -0.2) is 4.79 Å². The topological polar surface area (TPSA) is 79.5 Å². The zero-order valence-corrected chi connectivity index (χ0v) is 7.94. The number of aromatic nitrogens is 1. The first-order chi connectivity index (χ1) is 6.54. The molecule has 0 amide bonds. The number of hydrogen-bond acceptors (Lipinski definition) is 3. The fraction of sp³-hybridized carbons (Fsp3) is 0.333. The van der Waals surface area contributed by atoms with Gasteiger partial charge in [0.1, 0.15) is 0 Å². The number of carbonyl (C=O) groups is 2. The van der Waals surface area contributed by atoms with E-state index in [1.165, 1.54) is 6.92 Å². The van der Waals surface area contributed by atoms with Crippen molar-refractivity contribution in [3.05, 3.63) is 22.5 Å². The lowest BCUT2D eigenvalue weighted by molar-refractivity contribution is 0.0639. The van der Waals surface area contributed by atoms with E-state index in [-0.39, 0.29) is 11.3 Å². The summed E-state index contributed by atoms with van der Waals surface area (Å²) < 4.78 is 0.571. The second-order valence-electron chi connectivity index (χ2n) is 2.92. The van der Waals surface area contributed by atoms with E-state index in [1.807, 2.05) is 0 Å². The molecule has 0 fully saturated rings. The Kier molecular flexibility index (Phi) is 2.60. The van der Waals surface area contributed by atoms with E-state index in [0.717, 1.165) is 0 Å². The average molecular weight is 197 g/mol. The van der Waals surface area contributed by atoms with Gasteiger partial charge in [0.25, 0.3) is 0 Å². The van der Waals surface area contributed by atoms with Crippen LogP contribution in [0.1, 0.15) is 39.0 Å². The largest absolute Gasteiger partial charge is 0.476 e. The predicted octanol–water partition coefficient (Wildman–Crippen LogP) is 1.11. The summed E-state index contributed by atoms with van der Waals surface area (Å²) in [6.07, 6.45) is 0.964. The summed E-state index contributed by atoms with van der Waals surface area (Å²) in [5.74, 6) is -1.24. The minimum atomic E-state index is -1.24. The van der Waals surface area contributed by atoms with Crippen LogP contribution in [-0.4, -0.2) is 27.3 Å². The fourth-order valence-corrected chi connectivity index (χ4v) is 1.50. The van der Waals surface area contributed by atoms with E-state index in [9.17, 15) is 14.8 Å². The molecular weight excluding hydrogens is 186 g/mol. The van der Waals surface area contributed by atoms with Crippen LogP contribution in [0.3, 0.4) is 0 Å². The minimum Gasteiger partial charge on any atom is -0.476 e. The molecule has 0 saturated carbocycles. The zero-order chi connectivity index (χ0) is 10.9. The molecule has 0 aliphatic heterocycles. The Morgan fingerprint density at radius 3 is 2.43 bits per heavy atom. The van der Waals surface area contributed by atoms with E-state index in [4.69, 9.17) is 5.11 Å². The highest BCUT2D eigenvalue weighted by atomic mass is 16.5. The Bertz CT molecular complexity index is 392. The van der Waals surface area contributed by atoms with Gasteiger partial charge < -0.3 is 10.3 Å². The molecule has 0 spiro atoms. The first kappa shape index (κ1) is 10.3. The van der Waals surface area contributed by atoms with Crippen molar-refractivity contribution >= 4 is 12.3 Å². The second-order valence-corrected chi connectivity index (χ2v) is 2.92. The molecular formula is C9H11NO4. The van der Waals surface area contributed by atoms with Crippen molar-refractivity contribution in [2.24, 2.45) is 0 Å². The molecule has 0 aromatic carbocycles. The van der Waals surface area contributed by atoms with Crippen LogP contribution in [0.4, 0.5) is 0 Å². The van der Waals surface area contributed by atoms with E-state index < -0.39 is 5.97 Å². The molecule has 0 atom stereocenters. The van der Waals surface area contributed by atoms with Crippen LogP contribution in [0.15, 0.2) is 0 Å². The van der Waals surface area contributed by atoms with Gasteiger partial charge in [0.05, 0.1) is 5.69 Å². The maximum atomic E-state index is 10.7. The number of carbonyl (C=O) groups excluding carboxylic acids is 1. The number of hydrogen-bond donors (Lipinski definition) is 2. The van der Waals surface area contributed by atoms with Crippen LogP contribution < -0.4 is 0 Å². The van der Waals surface area contributed by atoms with Gasteiger partial charge >= 0.3 is 5.97 Å². The average Bonchev–Trinajstić information content (AvgIpc) is 2.36. The van der Waals surface area contributed by atoms with Crippen LogP contribution >= 0.6 is 0 Å². The monoisotopic (exact) mass is 197 g/mol. The highest BCUT2D eigenvalue weighted by Gasteiger charge is 2.22. The highest BCUT2D eigenvalue weighted by molar-refractivity contribution is 5.92. The molecule has 0 aliphatic carbocycles. The highest BCUT2D eigenvalue weighted by Crippen LogP contribution is 2.20. The van der Waals surface area contributed by atoms with Gasteiger partial charge in [0.15, 0.2) is 12.0 Å². The Morgan fingerprint density at radius 2 is 2.14 bits per heavy atom. The number of aldehydes is 1. The number of aromatic carboxylic acids is 1.